The molecule has 0 aliphatic carbocycles. The smallest absolute Gasteiger partial charge is 0.419 e. The molecule has 0 aliphatic rings. The minimum absolute atomic E-state index is 0. The molecule has 0 aromatic rings. The van der Waals surface area contributed by atoms with Gasteiger partial charge in [-0.3, -0.25) is 37.1 Å². The molecule has 0 rings (SSSR count). The molecule has 0 saturated carbocycles. The molecule has 0 saturated heterocycles. The van der Waals surface area contributed by atoms with Crippen LogP contribution in [0.5, 0.6) is 0 Å². The molecule has 22 nitrogen and oxygen atoms in total. The monoisotopic (exact) mass is 3720 g/mol. The van der Waals surface area contributed by atoms with Gasteiger partial charge in [0.25, 0.3) is 0 Å². The van der Waals surface area contributed by atoms with Gasteiger partial charge in [0, 0.05) is 725 Å². The average molecular weight is 3720 g/mol. The van der Waals surface area contributed by atoms with Crippen molar-refractivity contribution in [2.45, 2.75) is 183 Å². The number of unbranched alkanes of at least 4 members (excludes halogenated alkanes) is 2. The molecule has 750 valence electrons. The third kappa shape index (κ3) is 219. The second kappa shape index (κ2) is 207. The molecule has 0 bridgehead atoms. The van der Waals surface area contributed by atoms with E-state index in [9.17, 15) is 93.7 Å². The van der Waals surface area contributed by atoms with Gasteiger partial charge in [-0.25, -0.2) is 58.8 Å². The number of terminal acetylenes is 4. The van der Waals surface area contributed by atoms with E-state index in [0.717, 1.165) is 65.9 Å². The quantitative estimate of drug-likeness (QED) is 0.0181. The van der Waals surface area contributed by atoms with Crippen molar-refractivity contribution in [2.75, 3.05) is 0 Å². The maximum Gasteiger partial charge on any atom is 3.00 e. The fourth-order valence-corrected chi connectivity index (χ4v) is 13.9. The van der Waals surface area contributed by atoms with Gasteiger partial charge in [-0.2, -0.15) is 106 Å². The van der Waals surface area contributed by atoms with Crippen molar-refractivity contribution in [3.63, 3.8) is 0 Å². The molecular formula is C90H142O22S6Y22-14. The number of allylic oxidation sites excluding steroid dienone is 14. The van der Waals surface area contributed by atoms with Gasteiger partial charge in [0.1, 0.15) is 31.2 Å². The first-order chi connectivity index (χ1) is 50.2. The molecule has 0 heterocycles. The standard InChI is InChI=1S/C12H17O2.C10H17O4S2.C10H13O2.C8H13O4S2.C8H9O4S2.C8H13O.C7H11O.C6H8O.C4H3O.C4H5O.C3H3O.10CH3.22Y/c1-4-7-11(13)9-10(6-3)12(14)8-5-2;1-4-7-15(11,12)9-10(6-3)16(13,14)8-5-2;1-4-8(10(12)6-3)7-9(11)5-2;2*1-4-8(14(11,12)6-3)7-13(9,10)5-2;1-3-5-7-8(9)6-4-2;1-3-5-6-7(8)4-2;1-3-5-6(7)4-2;1-3-4(2)5;1-2-3-4-5;1-2-3-4;;;;;;;;;;;;;;;;;;;;;;;;;;;;;;;;/h4-5,7-10H,6H2,1-3H3;4-5,7-10H,6H2,1-3H3;5-8H,2-4H2,1H3;5-8H,2-4H2,1H3;2-3,7-8H,4H2,1H3;4,6-7H,3,5H2,1-2H3;4,6H,2-3,5H2,1H3;2H,3,5H2,1H3;1H,2H2;2-3H,1H3;2H,1H2;10*1H3;;;;;;;;;;;;;;;;;;;;;;/q7*-1;;13*-1;;;;;;;;;;;;;;;;;;;;;2*+3/b2*7-4+,8-5+;;;;6-4+;;;;3-2+;;;;;;;;;;;;;;;;;;;;;;;;;;;;;;;;;/t2*10-;3*8-;;;;;;;;;;;;;;;;;;;;;;;;;;;;;;;;;;;;;;/m00000....................................../s1. The van der Waals surface area contributed by atoms with Crippen molar-refractivity contribution >= 4 is 118 Å². The van der Waals surface area contributed by atoms with Crippen LogP contribution in [0.2, 0.25) is 0 Å². The summed E-state index contributed by atoms with van der Waals surface area (Å²) in [5, 5.41) is 3.24. The summed E-state index contributed by atoms with van der Waals surface area (Å²) in [5.74, 6) is 4.58. The van der Waals surface area contributed by atoms with Crippen molar-refractivity contribution in [1.82, 2.24) is 0 Å². The molecule has 0 N–H and O–H groups in total. The molecule has 50 heteroatoms. The zero-order valence-electron chi connectivity index (χ0n) is 87.5. The predicted molar refractivity (Wildman–Crippen MR) is 504 cm³/mol. The number of ketones is 8. The van der Waals surface area contributed by atoms with E-state index in [1.54, 1.807) is 109 Å². The summed E-state index contributed by atoms with van der Waals surface area (Å²) in [6, 6.07) is 0. The molecular weight excluding hydrogens is 3580 g/mol. The number of hydrogen-bond acceptors (Lipinski definition) is 22. The molecule has 0 aromatic heterocycles. The molecule has 140 heavy (non-hydrogen) atoms. The van der Waals surface area contributed by atoms with Gasteiger partial charge >= 0.3 is 65.4 Å². The second-order valence-electron chi connectivity index (χ2n) is 19.9. The van der Waals surface area contributed by atoms with Crippen LogP contribution < -0.4 is 0 Å². The SMILES string of the molecule is C#CC(=O)CCC.C#CC([CH2-])=O.C#CS(=O)(=O)[CH-][C@H](CC)S(=O)(=O)C#C.C/C=C/C(=O)[CH-]CCC.C/C=C/C(=O)[CH-][C@H](CC)C(=O)/C=C/C.C/C=C/S(=O)(=O)[CH-][C@H](CC)S(=O)(=O)/C=C/C.C/C=C/[C-]=O.C=CC(=O)[CH-]CCC.C=CC(=O)[CH-][C@H](CC)C(=O)C=C.C=CS(=O)(=O)[CH-][C@H](CC)S(=O)(=O)C=C.C=C[C-]=O.[CH3-].[CH3-].[CH3-].[CH3-].[CH3-].[CH3-].[CH3-].[CH3-].[CH3-].[CH3-].[Y+3].[Y+3].[Y].[Y].[Y].[Y].[Y].[Y].[Y].[Y].[Y].[Y].[Y].[Y].[Y].[Y].[Y].[Y].[Y].[Y].[Y].[Y]. The minimum atomic E-state index is -3.90. The van der Waals surface area contributed by atoms with Crippen molar-refractivity contribution in [3.8, 4) is 48.0 Å². The molecule has 0 unspecified atom stereocenters. The number of sulfone groups is 6. The Morgan fingerprint density at radius 3 is 0.900 bits per heavy atom. The summed E-state index contributed by atoms with van der Waals surface area (Å²) in [6.07, 6.45) is 55.1. The Morgan fingerprint density at radius 2 is 0.679 bits per heavy atom. The number of rotatable bonds is 40. The van der Waals surface area contributed by atoms with Gasteiger partial charge in [-0.1, -0.05) is 165 Å². The molecule has 0 fully saturated rings. The number of Topliss-reactive ketones (excluding diaryl/α,β-unsaturated/α-hetero) is 2. The summed E-state index contributed by atoms with van der Waals surface area (Å²) in [4.78, 5) is 103. The molecule has 5 atom stereocenters. The normalized spacial score (nSPS) is 9.13. The van der Waals surface area contributed by atoms with Crippen LogP contribution in [0.3, 0.4) is 0 Å². The van der Waals surface area contributed by atoms with E-state index in [-0.39, 0.29) is 865 Å². The van der Waals surface area contributed by atoms with Crippen molar-refractivity contribution in [1.29, 1.82) is 0 Å². The van der Waals surface area contributed by atoms with Crippen LogP contribution in [0.1, 0.15) is 168 Å². The van der Waals surface area contributed by atoms with E-state index in [4.69, 9.17) is 17.6 Å². The van der Waals surface area contributed by atoms with E-state index in [1.165, 1.54) is 79.9 Å². The summed E-state index contributed by atoms with van der Waals surface area (Å²) < 4.78 is 135. The van der Waals surface area contributed by atoms with Gasteiger partial charge in [0.15, 0.2) is 9.84 Å². The molecule has 20 radical (unpaired) electrons. The first-order valence-electron chi connectivity index (χ1n) is 32.8. The van der Waals surface area contributed by atoms with Crippen LogP contribution in [-0.2, 0) is 827 Å². The third-order valence-electron chi connectivity index (χ3n) is 11.2. The van der Waals surface area contributed by atoms with Crippen molar-refractivity contribution in [3.05, 3.63) is 270 Å². The van der Waals surface area contributed by atoms with Crippen LogP contribution >= 0.6 is 0 Å². The summed E-state index contributed by atoms with van der Waals surface area (Å²) in [7, 11) is -22.0. The first-order valence-corrected chi connectivity index (χ1v) is 42.3. The largest absolute Gasteiger partial charge is 3.00 e. The summed E-state index contributed by atoms with van der Waals surface area (Å²) >= 11 is 0. The zero-order chi connectivity index (χ0) is 87.2. The van der Waals surface area contributed by atoms with E-state index in [0.29, 0.717) is 30.4 Å². The van der Waals surface area contributed by atoms with Crippen LogP contribution in [-0.4, -0.2) is 125 Å². The van der Waals surface area contributed by atoms with Gasteiger partial charge in [-0.15, -0.1) is 26.2 Å². The van der Waals surface area contributed by atoms with Crippen LogP contribution in [0, 0.1) is 184 Å². The number of carbonyl (C=O) groups is 8. The van der Waals surface area contributed by atoms with Gasteiger partial charge in [0.05, 0.1) is 9.84 Å². The Labute approximate surface area is 1410 Å². The first kappa shape index (κ1) is 293. The van der Waals surface area contributed by atoms with Crippen LogP contribution in [0.25, 0.3) is 0 Å². The van der Waals surface area contributed by atoms with Crippen LogP contribution in [0.15, 0.2) is 146 Å². The number of hydrogen-bond donors (Lipinski definition) is 0. The fraction of sp³-hybridized carbons (Fsp3) is 0.333. The maximum absolute atomic E-state index is 11.6. The van der Waals surface area contributed by atoms with E-state index < -0.39 is 80.6 Å². The second-order valence-corrected chi connectivity index (χ2v) is 31.1. The molecule has 0 spiro atoms. The Hall–Kier alpha value is 15.2. The van der Waals surface area contributed by atoms with Gasteiger partial charge in [0.2, 0.25) is 5.78 Å². The van der Waals surface area contributed by atoms with Crippen LogP contribution in [0.4, 0.5) is 0 Å². The third-order valence-corrected chi connectivity index (χ3v) is 20.6. The van der Waals surface area contributed by atoms with E-state index in [2.05, 4.69) is 66.2 Å². The summed E-state index contributed by atoms with van der Waals surface area (Å²) in [5.41, 5.74) is 0. The fourth-order valence-electron chi connectivity index (χ4n) is 5.84. The van der Waals surface area contributed by atoms with E-state index >= 15 is 0 Å². The van der Waals surface area contributed by atoms with Crippen molar-refractivity contribution in [2.24, 2.45) is 11.8 Å². The minimum Gasteiger partial charge on any atom is -0.419 e. The Balaban J connectivity index is -0.0000000179. The van der Waals surface area contributed by atoms with E-state index in [1.807, 2.05) is 40.5 Å². The topological polar surface area (TPSA) is 376 Å². The Bertz CT molecular complexity index is 3890. The maximum atomic E-state index is 11.6. The van der Waals surface area contributed by atoms with Crippen molar-refractivity contribution < 1.29 is 818 Å². The van der Waals surface area contributed by atoms with Gasteiger partial charge in [-0.05, 0) is 101 Å². The summed E-state index contributed by atoms with van der Waals surface area (Å²) in [6.45, 7) is 47.0. The zero-order valence-corrected chi connectivity index (χ0v) is 155. The molecule has 0 aromatic carbocycles. The Morgan fingerprint density at radius 1 is 0.364 bits per heavy atom. The van der Waals surface area contributed by atoms with Gasteiger partial charge < -0.3 is 108 Å². The number of carbonyl (C=O) groups excluding carboxylic acids is 10. The molecule has 0 aliphatic heterocycles. The predicted octanol–water partition coefficient (Wildman–Crippen LogP) is 17.3. The average Bonchev–Trinajstić information content (AvgIpc) is 0.846. The molecule has 0 amide bonds. The Kier molecular flexibility index (Phi) is 433.